The number of fused-ring (bicyclic) bond motifs is 4. The second kappa shape index (κ2) is 7.88. The van der Waals surface area contributed by atoms with Gasteiger partial charge in [-0.15, -0.1) is 0 Å². The molecule has 0 spiro atoms. The molecule has 2 amide bonds. The monoisotopic (exact) mass is 415 g/mol. The minimum absolute atomic E-state index is 0.0361. The van der Waals surface area contributed by atoms with Crippen molar-refractivity contribution in [2.75, 3.05) is 0 Å². The first-order chi connectivity index (χ1) is 15.1. The summed E-state index contributed by atoms with van der Waals surface area (Å²) in [5, 5.41) is 4.56. The van der Waals surface area contributed by atoms with Gasteiger partial charge in [0.05, 0.1) is 6.04 Å². The summed E-state index contributed by atoms with van der Waals surface area (Å²) in [6.07, 6.45) is 3.82. The van der Waals surface area contributed by atoms with Crippen LogP contribution in [0.15, 0.2) is 48.5 Å². The smallest absolute Gasteiger partial charge is 0.255 e. The topological polar surface area (TPSA) is 65.2 Å². The Morgan fingerprint density at radius 1 is 1.19 bits per heavy atom. The van der Waals surface area contributed by atoms with Crippen molar-refractivity contribution in [2.45, 2.75) is 58.2 Å². The lowest BCUT2D eigenvalue weighted by Gasteiger charge is -2.33. The quantitative estimate of drug-likeness (QED) is 0.633. The van der Waals surface area contributed by atoms with Crippen LogP contribution in [-0.2, 0) is 17.8 Å². The van der Waals surface area contributed by atoms with Gasteiger partial charge in [-0.1, -0.05) is 56.7 Å². The Balaban J connectivity index is 1.43. The summed E-state index contributed by atoms with van der Waals surface area (Å²) in [5.41, 5.74) is 5.29. The number of carbonyl (C=O) groups is 2. The largest absolute Gasteiger partial charge is 0.356 e. The van der Waals surface area contributed by atoms with E-state index in [-0.39, 0.29) is 23.8 Å². The molecular formula is C26H29N3O2. The second-order valence-electron chi connectivity index (χ2n) is 8.94. The summed E-state index contributed by atoms with van der Waals surface area (Å²) in [5.74, 6) is -0.0120. The number of aryl methyl sites for hydroxylation is 1. The minimum atomic E-state index is -0.473. The molecule has 2 aromatic carbocycles. The van der Waals surface area contributed by atoms with Crippen molar-refractivity contribution >= 4 is 22.7 Å². The Morgan fingerprint density at radius 2 is 1.97 bits per heavy atom. The molecule has 5 nitrogen and oxygen atoms in total. The van der Waals surface area contributed by atoms with Gasteiger partial charge >= 0.3 is 0 Å². The Morgan fingerprint density at radius 3 is 2.77 bits per heavy atom. The number of carbonyl (C=O) groups excluding carboxylic acids is 2. The molecule has 0 bridgehead atoms. The molecule has 2 aliphatic rings. The molecule has 160 valence electrons. The zero-order chi connectivity index (χ0) is 21.5. The van der Waals surface area contributed by atoms with Gasteiger partial charge in [0, 0.05) is 28.7 Å². The van der Waals surface area contributed by atoms with Crippen LogP contribution in [0.4, 0.5) is 0 Å². The Labute approximate surface area is 182 Å². The molecule has 1 aliphatic heterocycles. The Bertz CT molecular complexity index is 1150. The fourth-order valence-corrected chi connectivity index (χ4v) is 5.25. The zero-order valence-electron chi connectivity index (χ0n) is 18.2. The summed E-state index contributed by atoms with van der Waals surface area (Å²) in [6.45, 7) is 4.64. The molecule has 2 N–H and O–H groups in total. The van der Waals surface area contributed by atoms with Crippen molar-refractivity contribution in [1.82, 2.24) is 15.2 Å². The van der Waals surface area contributed by atoms with Crippen molar-refractivity contribution in [2.24, 2.45) is 5.92 Å². The first kappa shape index (κ1) is 19.9. The third-order valence-electron chi connectivity index (χ3n) is 7.07. The second-order valence-corrected chi connectivity index (χ2v) is 8.94. The fourth-order valence-electron chi connectivity index (χ4n) is 5.25. The number of aromatic nitrogens is 1. The number of H-pyrrole nitrogens is 1. The van der Waals surface area contributed by atoms with Crippen LogP contribution >= 0.6 is 0 Å². The number of amides is 2. The van der Waals surface area contributed by atoms with Gasteiger partial charge in [-0.05, 0) is 48.4 Å². The SMILES string of the molecule is CC[C@H](C)[C@@H](C(=O)N[C@H]1CCCc2c1[nH]c1ccccc21)N1Cc2ccccc2C1=O. The van der Waals surface area contributed by atoms with E-state index in [4.69, 9.17) is 0 Å². The number of para-hydroxylation sites is 1. The van der Waals surface area contributed by atoms with Gasteiger partial charge in [-0.25, -0.2) is 0 Å². The van der Waals surface area contributed by atoms with E-state index in [1.54, 1.807) is 4.90 Å². The average Bonchev–Trinajstić information content (AvgIpc) is 3.33. The number of aromatic amines is 1. The first-order valence-electron chi connectivity index (χ1n) is 11.4. The molecule has 3 aromatic rings. The molecule has 2 heterocycles. The van der Waals surface area contributed by atoms with Crippen molar-refractivity contribution < 1.29 is 9.59 Å². The highest BCUT2D eigenvalue weighted by Crippen LogP contribution is 2.35. The van der Waals surface area contributed by atoms with Gasteiger partial charge in [-0.3, -0.25) is 9.59 Å². The highest BCUT2D eigenvalue weighted by Gasteiger charge is 2.39. The van der Waals surface area contributed by atoms with Crippen LogP contribution in [0, 0.1) is 5.92 Å². The first-order valence-corrected chi connectivity index (χ1v) is 11.4. The molecule has 0 fully saturated rings. The Hall–Kier alpha value is -3.08. The van der Waals surface area contributed by atoms with Crippen LogP contribution in [0.3, 0.4) is 0 Å². The molecule has 1 aromatic heterocycles. The molecular weight excluding hydrogens is 386 g/mol. The van der Waals surface area contributed by atoms with E-state index in [1.165, 1.54) is 10.9 Å². The predicted molar refractivity (Wildman–Crippen MR) is 122 cm³/mol. The van der Waals surface area contributed by atoms with Gasteiger partial charge in [0.2, 0.25) is 5.91 Å². The fraction of sp³-hybridized carbons (Fsp3) is 0.385. The molecule has 31 heavy (non-hydrogen) atoms. The van der Waals surface area contributed by atoms with E-state index in [0.717, 1.165) is 48.0 Å². The van der Waals surface area contributed by atoms with Gasteiger partial charge in [0.25, 0.3) is 5.91 Å². The third-order valence-corrected chi connectivity index (χ3v) is 7.07. The third kappa shape index (κ3) is 3.32. The summed E-state index contributed by atoms with van der Waals surface area (Å²) < 4.78 is 0. The molecule has 0 saturated carbocycles. The minimum Gasteiger partial charge on any atom is -0.356 e. The number of nitrogens with zero attached hydrogens (tertiary/aromatic N) is 1. The lowest BCUT2D eigenvalue weighted by molar-refractivity contribution is -0.128. The number of hydrogen-bond donors (Lipinski definition) is 2. The normalized spacial score (nSPS) is 19.7. The van der Waals surface area contributed by atoms with Crippen LogP contribution in [-0.4, -0.2) is 27.7 Å². The van der Waals surface area contributed by atoms with E-state index >= 15 is 0 Å². The van der Waals surface area contributed by atoms with Crippen molar-refractivity contribution in [3.05, 3.63) is 70.9 Å². The van der Waals surface area contributed by atoms with Gasteiger partial charge in [-0.2, -0.15) is 0 Å². The zero-order valence-corrected chi connectivity index (χ0v) is 18.2. The number of benzene rings is 2. The highest BCUT2D eigenvalue weighted by atomic mass is 16.2. The standard InChI is InChI=1S/C26H29N3O2/c1-3-16(2)24(29-15-17-9-4-5-10-18(17)26(29)31)25(30)28-22-14-8-12-20-19-11-6-7-13-21(19)27-23(20)22/h4-7,9-11,13,16,22,24,27H,3,8,12,14-15H2,1-2H3,(H,28,30)/t16-,22-,24-/m0/s1. The summed E-state index contributed by atoms with van der Waals surface area (Å²) >= 11 is 0. The van der Waals surface area contributed by atoms with E-state index in [1.807, 2.05) is 30.3 Å². The molecule has 0 unspecified atom stereocenters. The van der Waals surface area contributed by atoms with Crippen LogP contribution in [0.1, 0.15) is 66.3 Å². The maximum atomic E-state index is 13.6. The number of rotatable bonds is 5. The van der Waals surface area contributed by atoms with Crippen LogP contribution in [0.5, 0.6) is 0 Å². The maximum absolute atomic E-state index is 13.6. The van der Waals surface area contributed by atoms with Crippen molar-refractivity contribution in [3.8, 4) is 0 Å². The molecule has 5 rings (SSSR count). The number of hydrogen-bond acceptors (Lipinski definition) is 2. The predicted octanol–water partition coefficient (Wildman–Crippen LogP) is 4.73. The summed E-state index contributed by atoms with van der Waals surface area (Å²) in [4.78, 5) is 32.0. The molecule has 1 aliphatic carbocycles. The molecule has 0 saturated heterocycles. The van der Waals surface area contributed by atoms with E-state index in [2.05, 4.69) is 42.3 Å². The molecule has 0 radical (unpaired) electrons. The van der Waals surface area contributed by atoms with Crippen molar-refractivity contribution in [1.29, 1.82) is 0 Å². The van der Waals surface area contributed by atoms with Gasteiger partial charge < -0.3 is 15.2 Å². The summed E-state index contributed by atoms with van der Waals surface area (Å²) in [7, 11) is 0. The Kier molecular flexibility index (Phi) is 5.05. The lowest BCUT2D eigenvalue weighted by Crippen LogP contribution is -2.51. The van der Waals surface area contributed by atoms with Crippen molar-refractivity contribution in [3.63, 3.8) is 0 Å². The van der Waals surface area contributed by atoms with Crippen LogP contribution < -0.4 is 5.32 Å². The highest BCUT2D eigenvalue weighted by molar-refractivity contribution is 6.01. The molecule has 3 atom stereocenters. The van der Waals surface area contributed by atoms with Crippen LogP contribution in [0.2, 0.25) is 0 Å². The van der Waals surface area contributed by atoms with Crippen LogP contribution in [0.25, 0.3) is 10.9 Å². The molecule has 5 heteroatoms. The average molecular weight is 416 g/mol. The number of nitrogens with one attached hydrogen (secondary N) is 2. The van der Waals surface area contributed by atoms with Gasteiger partial charge in [0.1, 0.15) is 6.04 Å². The van der Waals surface area contributed by atoms with E-state index < -0.39 is 6.04 Å². The maximum Gasteiger partial charge on any atom is 0.255 e. The summed E-state index contributed by atoms with van der Waals surface area (Å²) in [6, 6.07) is 15.5. The van der Waals surface area contributed by atoms with Gasteiger partial charge in [0.15, 0.2) is 0 Å². The van der Waals surface area contributed by atoms with E-state index in [0.29, 0.717) is 6.54 Å². The van der Waals surface area contributed by atoms with E-state index in [9.17, 15) is 9.59 Å². The lowest BCUT2D eigenvalue weighted by atomic mass is 9.90.